The van der Waals surface area contributed by atoms with Gasteiger partial charge in [0, 0.05) is 17.3 Å². The highest BCUT2D eigenvalue weighted by atomic mass is 16.1. The molecule has 2 heterocycles. The molecule has 0 bridgehead atoms. The molecule has 0 fully saturated rings. The zero-order valence-electron chi connectivity index (χ0n) is 13.5. The van der Waals surface area contributed by atoms with Crippen molar-refractivity contribution in [2.24, 2.45) is 16.5 Å². The Morgan fingerprint density at radius 1 is 1.21 bits per heavy atom. The Morgan fingerprint density at radius 3 is 2.71 bits per heavy atom. The van der Waals surface area contributed by atoms with Gasteiger partial charge in [0.1, 0.15) is 0 Å². The van der Waals surface area contributed by atoms with Crippen LogP contribution < -0.4 is 11.5 Å². The van der Waals surface area contributed by atoms with E-state index in [1.807, 2.05) is 44.2 Å². The molecule has 0 saturated heterocycles. The highest BCUT2D eigenvalue weighted by molar-refractivity contribution is 6.00. The normalized spacial score (nSPS) is 11.0. The maximum absolute atomic E-state index is 12.1. The molecule has 0 aliphatic heterocycles. The summed E-state index contributed by atoms with van der Waals surface area (Å²) in [6, 6.07) is 11.4. The maximum Gasteiger partial charge on any atom is 0.300 e. The molecular weight excluding hydrogens is 304 g/mol. The number of nitrogens with two attached hydrogens (primary N) is 2. The van der Waals surface area contributed by atoms with E-state index in [-0.39, 0.29) is 17.6 Å². The van der Waals surface area contributed by atoms with Gasteiger partial charge in [0.05, 0.1) is 11.2 Å². The summed E-state index contributed by atoms with van der Waals surface area (Å²) < 4.78 is 1.74. The quantitative estimate of drug-likeness (QED) is 0.565. The van der Waals surface area contributed by atoms with Gasteiger partial charge < -0.3 is 11.5 Å². The molecule has 3 rings (SSSR count). The maximum atomic E-state index is 12.1. The number of fused-ring (bicyclic) bond motifs is 1. The first kappa shape index (κ1) is 15.7. The zero-order valence-corrected chi connectivity index (χ0v) is 13.5. The Bertz CT molecular complexity index is 937. The third kappa shape index (κ3) is 2.96. The van der Waals surface area contributed by atoms with Gasteiger partial charge in [-0.05, 0) is 36.2 Å². The van der Waals surface area contributed by atoms with E-state index in [9.17, 15) is 4.79 Å². The van der Waals surface area contributed by atoms with Crippen molar-refractivity contribution < 1.29 is 4.79 Å². The summed E-state index contributed by atoms with van der Waals surface area (Å²) in [7, 11) is 0. The number of rotatable bonds is 3. The van der Waals surface area contributed by atoms with Crippen LogP contribution in [0.3, 0.4) is 0 Å². The van der Waals surface area contributed by atoms with E-state index in [0.29, 0.717) is 0 Å². The molecule has 1 amide bonds. The first-order valence-corrected chi connectivity index (χ1v) is 7.55. The first-order valence-electron chi connectivity index (χ1n) is 7.55. The fourth-order valence-corrected chi connectivity index (χ4v) is 2.49. The average Bonchev–Trinajstić information content (AvgIpc) is 2.99. The van der Waals surface area contributed by atoms with E-state index < -0.39 is 5.91 Å². The van der Waals surface area contributed by atoms with Gasteiger partial charge in [-0.3, -0.25) is 9.78 Å². The average molecular weight is 322 g/mol. The second-order valence-corrected chi connectivity index (χ2v) is 5.74. The summed E-state index contributed by atoms with van der Waals surface area (Å²) in [6.07, 6.45) is 1.75. The van der Waals surface area contributed by atoms with Gasteiger partial charge in [0.2, 0.25) is 0 Å². The van der Waals surface area contributed by atoms with Crippen molar-refractivity contribution in [3.05, 3.63) is 54.0 Å². The molecule has 0 aliphatic carbocycles. The topological polar surface area (TPSA) is 112 Å². The van der Waals surface area contributed by atoms with E-state index in [2.05, 4.69) is 15.1 Å². The molecular formula is C17H18N6O. The molecule has 24 heavy (non-hydrogen) atoms. The predicted octanol–water partition coefficient (Wildman–Crippen LogP) is 1.96. The number of carbonyl (C=O) groups is 1. The number of aliphatic imine (C=N–C) groups is 1. The lowest BCUT2D eigenvalue weighted by Crippen LogP contribution is -2.24. The van der Waals surface area contributed by atoms with Crippen LogP contribution in [0.1, 0.15) is 35.9 Å². The first-order chi connectivity index (χ1) is 11.5. The number of carbonyl (C=O) groups excluding carboxylic acids is 1. The fourth-order valence-electron chi connectivity index (χ4n) is 2.49. The van der Waals surface area contributed by atoms with Crippen LogP contribution in [-0.4, -0.2) is 26.6 Å². The van der Waals surface area contributed by atoms with Crippen LogP contribution in [0.15, 0.2) is 47.6 Å². The van der Waals surface area contributed by atoms with E-state index in [0.717, 1.165) is 22.3 Å². The van der Waals surface area contributed by atoms with E-state index in [1.54, 1.807) is 16.9 Å². The molecule has 0 saturated carbocycles. The van der Waals surface area contributed by atoms with Gasteiger partial charge in [0.15, 0.2) is 11.7 Å². The second kappa shape index (κ2) is 6.11. The number of aromatic nitrogens is 3. The fraction of sp³-hybridized carbons (Fsp3) is 0.176. The van der Waals surface area contributed by atoms with Crippen molar-refractivity contribution in [2.75, 3.05) is 0 Å². The third-order valence-corrected chi connectivity index (χ3v) is 3.61. The SMILES string of the molecule is CC(C)c1cc(C(=O)N=C(N)N)nn1-c1ccc2ncccc2c1. The van der Waals surface area contributed by atoms with Crippen molar-refractivity contribution in [3.8, 4) is 5.69 Å². The summed E-state index contributed by atoms with van der Waals surface area (Å²) >= 11 is 0. The lowest BCUT2D eigenvalue weighted by molar-refractivity contribution is 0.0997. The van der Waals surface area contributed by atoms with Gasteiger partial charge in [-0.1, -0.05) is 19.9 Å². The standard InChI is InChI=1S/C17H18N6O/c1-10(2)15-9-14(16(24)21-17(18)19)22-23(15)12-5-6-13-11(8-12)4-3-7-20-13/h3-10H,1-2H3,(H4,18,19,21,24). The van der Waals surface area contributed by atoms with Crippen LogP contribution in [0.25, 0.3) is 16.6 Å². The molecule has 7 nitrogen and oxygen atoms in total. The van der Waals surface area contributed by atoms with Gasteiger partial charge in [-0.15, -0.1) is 0 Å². The Hall–Kier alpha value is -3.22. The number of nitrogens with zero attached hydrogens (tertiary/aromatic N) is 4. The summed E-state index contributed by atoms with van der Waals surface area (Å²) in [6.45, 7) is 4.07. The summed E-state index contributed by atoms with van der Waals surface area (Å²) in [4.78, 5) is 19.9. The van der Waals surface area contributed by atoms with Gasteiger partial charge in [-0.2, -0.15) is 10.1 Å². The lowest BCUT2D eigenvalue weighted by atomic mass is 10.1. The number of guanidine groups is 1. The van der Waals surface area contributed by atoms with Gasteiger partial charge in [0.25, 0.3) is 0 Å². The van der Waals surface area contributed by atoms with Crippen molar-refractivity contribution in [2.45, 2.75) is 19.8 Å². The van der Waals surface area contributed by atoms with Crippen LogP contribution in [0.4, 0.5) is 0 Å². The van der Waals surface area contributed by atoms with Crippen LogP contribution in [0.2, 0.25) is 0 Å². The molecule has 4 N–H and O–H groups in total. The molecule has 3 aromatic rings. The molecule has 0 atom stereocenters. The van der Waals surface area contributed by atoms with Gasteiger partial charge in [-0.25, -0.2) is 4.68 Å². The molecule has 122 valence electrons. The van der Waals surface area contributed by atoms with Crippen molar-refractivity contribution >= 4 is 22.8 Å². The van der Waals surface area contributed by atoms with E-state index >= 15 is 0 Å². The molecule has 0 spiro atoms. The minimum atomic E-state index is -0.557. The minimum Gasteiger partial charge on any atom is -0.370 e. The van der Waals surface area contributed by atoms with E-state index in [4.69, 9.17) is 11.5 Å². The minimum absolute atomic E-state index is 0.169. The third-order valence-electron chi connectivity index (χ3n) is 3.61. The molecule has 0 aliphatic rings. The highest BCUT2D eigenvalue weighted by Crippen LogP contribution is 2.23. The smallest absolute Gasteiger partial charge is 0.300 e. The summed E-state index contributed by atoms with van der Waals surface area (Å²) in [5, 5.41) is 5.39. The monoisotopic (exact) mass is 322 g/mol. The Kier molecular flexibility index (Phi) is 3.99. The molecule has 0 unspecified atom stereocenters. The molecule has 0 radical (unpaired) electrons. The van der Waals surface area contributed by atoms with Crippen molar-refractivity contribution in [1.29, 1.82) is 0 Å². The molecule has 7 heteroatoms. The Labute approximate surface area is 139 Å². The van der Waals surface area contributed by atoms with Crippen LogP contribution >= 0.6 is 0 Å². The van der Waals surface area contributed by atoms with Crippen LogP contribution in [-0.2, 0) is 0 Å². The summed E-state index contributed by atoms with van der Waals surface area (Å²) in [5.74, 6) is -0.668. The molecule has 2 aromatic heterocycles. The number of hydrogen-bond acceptors (Lipinski definition) is 3. The molecule has 1 aromatic carbocycles. The number of benzene rings is 1. The van der Waals surface area contributed by atoms with Crippen molar-refractivity contribution in [3.63, 3.8) is 0 Å². The lowest BCUT2D eigenvalue weighted by Gasteiger charge is -2.10. The van der Waals surface area contributed by atoms with Gasteiger partial charge >= 0.3 is 5.91 Å². The number of pyridine rings is 1. The second-order valence-electron chi connectivity index (χ2n) is 5.74. The van der Waals surface area contributed by atoms with E-state index in [1.165, 1.54) is 0 Å². The van der Waals surface area contributed by atoms with Crippen LogP contribution in [0.5, 0.6) is 0 Å². The zero-order chi connectivity index (χ0) is 17.3. The number of amides is 1. The van der Waals surface area contributed by atoms with Crippen LogP contribution in [0, 0.1) is 0 Å². The Balaban J connectivity index is 2.12. The number of hydrogen-bond donors (Lipinski definition) is 2. The highest BCUT2D eigenvalue weighted by Gasteiger charge is 2.17. The summed E-state index contributed by atoms with van der Waals surface area (Å²) in [5.41, 5.74) is 13.4. The van der Waals surface area contributed by atoms with Crippen molar-refractivity contribution in [1.82, 2.24) is 14.8 Å². The largest absolute Gasteiger partial charge is 0.370 e. The Morgan fingerprint density at radius 2 is 2.00 bits per heavy atom. The predicted molar refractivity (Wildman–Crippen MR) is 93.1 cm³/mol.